The standard InChI is InChI=1S/C13H18FN/c1-9-3-4-12(14)11(7-9)13(15)6-5-10(2)8-13/h3-4,7,10H,5-6,8,15H2,1-2H3. The van der Waals surface area contributed by atoms with E-state index in [0.717, 1.165) is 24.8 Å². The summed E-state index contributed by atoms with van der Waals surface area (Å²) in [4.78, 5) is 0. The Bertz CT molecular complexity index is 375. The lowest BCUT2D eigenvalue weighted by atomic mass is 9.87. The Morgan fingerprint density at radius 1 is 1.47 bits per heavy atom. The van der Waals surface area contributed by atoms with Crippen molar-refractivity contribution in [1.82, 2.24) is 0 Å². The van der Waals surface area contributed by atoms with Crippen molar-refractivity contribution in [1.29, 1.82) is 0 Å². The molecule has 0 saturated heterocycles. The Morgan fingerprint density at radius 3 is 2.80 bits per heavy atom. The molecule has 1 aliphatic carbocycles. The fourth-order valence-corrected chi connectivity index (χ4v) is 2.60. The van der Waals surface area contributed by atoms with Crippen LogP contribution in [0.15, 0.2) is 18.2 Å². The van der Waals surface area contributed by atoms with E-state index in [1.54, 1.807) is 6.07 Å². The minimum Gasteiger partial charge on any atom is -0.321 e. The second-order valence-electron chi connectivity index (χ2n) is 4.99. The van der Waals surface area contributed by atoms with Gasteiger partial charge in [-0.1, -0.05) is 24.6 Å². The van der Waals surface area contributed by atoms with Gasteiger partial charge in [0, 0.05) is 11.1 Å². The summed E-state index contributed by atoms with van der Waals surface area (Å²) in [6.45, 7) is 4.16. The van der Waals surface area contributed by atoms with Crippen molar-refractivity contribution in [3.63, 3.8) is 0 Å². The maximum absolute atomic E-state index is 13.7. The summed E-state index contributed by atoms with van der Waals surface area (Å²) < 4.78 is 13.7. The first-order valence-electron chi connectivity index (χ1n) is 5.57. The Balaban J connectivity index is 2.40. The van der Waals surface area contributed by atoms with Crippen LogP contribution in [0.1, 0.15) is 37.3 Å². The van der Waals surface area contributed by atoms with Gasteiger partial charge in [0.2, 0.25) is 0 Å². The average molecular weight is 207 g/mol. The highest BCUT2D eigenvalue weighted by Crippen LogP contribution is 2.40. The summed E-state index contributed by atoms with van der Waals surface area (Å²) in [5.74, 6) is 0.451. The molecule has 1 aromatic rings. The Kier molecular flexibility index (Phi) is 2.55. The molecule has 0 aromatic heterocycles. The molecule has 2 rings (SSSR count). The van der Waals surface area contributed by atoms with E-state index in [1.807, 2.05) is 13.0 Å². The molecular formula is C13H18FN. The third kappa shape index (κ3) is 1.91. The molecule has 0 spiro atoms. The van der Waals surface area contributed by atoms with Gasteiger partial charge in [0.15, 0.2) is 0 Å². The molecular weight excluding hydrogens is 189 g/mol. The van der Waals surface area contributed by atoms with Crippen LogP contribution < -0.4 is 5.73 Å². The number of halogens is 1. The Morgan fingerprint density at radius 2 is 2.20 bits per heavy atom. The van der Waals surface area contributed by atoms with Crippen LogP contribution in [-0.4, -0.2) is 0 Å². The van der Waals surface area contributed by atoms with Crippen LogP contribution in [0.4, 0.5) is 4.39 Å². The molecule has 0 radical (unpaired) electrons. The summed E-state index contributed by atoms with van der Waals surface area (Å²) in [6.07, 6.45) is 2.89. The zero-order valence-electron chi connectivity index (χ0n) is 9.39. The van der Waals surface area contributed by atoms with Crippen molar-refractivity contribution >= 4 is 0 Å². The van der Waals surface area contributed by atoms with E-state index in [-0.39, 0.29) is 5.82 Å². The second kappa shape index (κ2) is 3.60. The van der Waals surface area contributed by atoms with E-state index < -0.39 is 5.54 Å². The minimum atomic E-state index is -0.435. The van der Waals surface area contributed by atoms with Gasteiger partial charge in [0.25, 0.3) is 0 Å². The molecule has 0 amide bonds. The molecule has 2 heteroatoms. The third-order valence-electron chi connectivity index (χ3n) is 3.45. The summed E-state index contributed by atoms with van der Waals surface area (Å²) in [7, 11) is 0. The van der Waals surface area contributed by atoms with Crippen LogP contribution in [0.2, 0.25) is 0 Å². The van der Waals surface area contributed by atoms with Crippen molar-refractivity contribution in [3.8, 4) is 0 Å². The molecule has 1 saturated carbocycles. The quantitative estimate of drug-likeness (QED) is 0.752. The molecule has 1 nitrogen and oxygen atoms in total. The molecule has 0 aliphatic heterocycles. The van der Waals surface area contributed by atoms with Crippen molar-refractivity contribution in [3.05, 3.63) is 35.1 Å². The van der Waals surface area contributed by atoms with Gasteiger partial charge in [-0.2, -0.15) is 0 Å². The van der Waals surface area contributed by atoms with E-state index in [2.05, 4.69) is 6.92 Å². The number of hydrogen-bond acceptors (Lipinski definition) is 1. The van der Waals surface area contributed by atoms with Crippen LogP contribution in [0, 0.1) is 18.7 Å². The monoisotopic (exact) mass is 207 g/mol. The third-order valence-corrected chi connectivity index (χ3v) is 3.45. The van der Waals surface area contributed by atoms with Crippen LogP contribution in [0.25, 0.3) is 0 Å². The van der Waals surface area contributed by atoms with Crippen molar-refractivity contribution < 1.29 is 4.39 Å². The van der Waals surface area contributed by atoms with Crippen LogP contribution >= 0.6 is 0 Å². The fraction of sp³-hybridized carbons (Fsp3) is 0.538. The zero-order chi connectivity index (χ0) is 11.1. The number of hydrogen-bond donors (Lipinski definition) is 1. The molecule has 1 fully saturated rings. The van der Waals surface area contributed by atoms with Crippen molar-refractivity contribution in [2.24, 2.45) is 11.7 Å². The number of nitrogens with two attached hydrogens (primary N) is 1. The van der Waals surface area contributed by atoms with Gasteiger partial charge < -0.3 is 5.73 Å². The number of rotatable bonds is 1. The first-order chi connectivity index (χ1) is 7.01. The van der Waals surface area contributed by atoms with Gasteiger partial charge in [0.1, 0.15) is 5.82 Å². The SMILES string of the molecule is Cc1ccc(F)c(C2(N)CCC(C)C2)c1. The number of benzene rings is 1. The molecule has 2 unspecified atom stereocenters. The highest BCUT2D eigenvalue weighted by Gasteiger charge is 2.37. The van der Waals surface area contributed by atoms with E-state index >= 15 is 0 Å². The van der Waals surface area contributed by atoms with Crippen LogP contribution in [0.3, 0.4) is 0 Å². The fourth-order valence-electron chi connectivity index (χ4n) is 2.60. The topological polar surface area (TPSA) is 26.0 Å². The first-order valence-corrected chi connectivity index (χ1v) is 5.57. The lowest BCUT2D eigenvalue weighted by Crippen LogP contribution is -2.34. The molecule has 1 aromatic carbocycles. The maximum Gasteiger partial charge on any atom is 0.128 e. The first kappa shape index (κ1) is 10.6. The average Bonchev–Trinajstić information content (AvgIpc) is 2.52. The van der Waals surface area contributed by atoms with E-state index in [9.17, 15) is 4.39 Å². The van der Waals surface area contributed by atoms with Crippen molar-refractivity contribution in [2.75, 3.05) is 0 Å². The molecule has 2 N–H and O–H groups in total. The molecule has 2 atom stereocenters. The summed E-state index contributed by atoms with van der Waals surface area (Å²) in [6, 6.07) is 5.22. The normalized spacial score (nSPS) is 30.8. The van der Waals surface area contributed by atoms with Crippen LogP contribution in [0.5, 0.6) is 0 Å². The lowest BCUT2D eigenvalue weighted by molar-refractivity contribution is 0.417. The highest BCUT2D eigenvalue weighted by molar-refractivity contribution is 5.31. The van der Waals surface area contributed by atoms with Gasteiger partial charge in [-0.25, -0.2) is 4.39 Å². The highest BCUT2D eigenvalue weighted by atomic mass is 19.1. The molecule has 1 aliphatic rings. The Hall–Kier alpha value is -0.890. The summed E-state index contributed by atoms with van der Waals surface area (Å²) >= 11 is 0. The van der Waals surface area contributed by atoms with Gasteiger partial charge in [0.05, 0.1) is 0 Å². The molecule has 0 heterocycles. The van der Waals surface area contributed by atoms with E-state index in [0.29, 0.717) is 11.5 Å². The molecule has 15 heavy (non-hydrogen) atoms. The van der Waals surface area contributed by atoms with Gasteiger partial charge in [-0.15, -0.1) is 0 Å². The van der Waals surface area contributed by atoms with E-state index in [1.165, 1.54) is 6.07 Å². The number of aryl methyl sites for hydroxylation is 1. The smallest absolute Gasteiger partial charge is 0.128 e. The minimum absolute atomic E-state index is 0.155. The zero-order valence-corrected chi connectivity index (χ0v) is 9.39. The predicted octanol–water partition coefficient (Wildman–Crippen LogP) is 3.11. The van der Waals surface area contributed by atoms with Crippen LogP contribution in [-0.2, 0) is 5.54 Å². The summed E-state index contributed by atoms with van der Waals surface area (Å²) in [5, 5.41) is 0. The molecule has 82 valence electrons. The van der Waals surface area contributed by atoms with Crippen molar-refractivity contribution in [2.45, 2.75) is 38.6 Å². The largest absolute Gasteiger partial charge is 0.321 e. The van der Waals surface area contributed by atoms with Gasteiger partial charge in [-0.3, -0.25) is 0 Å². The maximum atomic E-state index is 13.7. The molecule has 0 bridgehead atoms. The lowest BCUT2D eigenvalue weighted by Gasteiger charge is -2.25. The van der Waals surface area contributed by atoms with Gasteiger partial charge in [-0.05, 0) is 38.2 Å². The predicted molar refractivity (Wildman–Crippen MR) is 60.0 cm³/mol. The van der Waals surface area contributed by atoms with E-state index in [4.69, 9.17) is 5.73 Å². The summed E-state index contributed by atoms with van der Waals surface area (Å²) in [5.41, 5.74) is 7.65. The van der Waals surface area contributed by atoms with Gasteiger partial charge >= 0.3 is 0 Å². The second-order valence-corrected chi connectivity index (χ2v) is 4.99. The Labute approximate surface area is 90.5 Å².